The second kappa shape index (κ2) is 3.55. The molecule has 0 saturated heterocycles. The van der Waals surface area contributed by atoms with Crippen LogP contribution >= 0.6 is 0 Å². The summed E-state index contributed by atoms with van der Waals surface area (Å²) in [5.74, 6) is 1.04. The average Bonchev–Trinajstić information content (AvgIpc) is 2.76. The van der Waals surface area contributed by atoms with Gasteiger partial charge in [-0.25, -0.2) is 9.97 Å². The van der Waals surface area contributed by atoms with Gasteiger partial charge in [0.2, 0.25) is 0 Å². The summed E-state index contributed by atoms with van der Waals surface area (Å²) in [7, 11) is 1.86. The zero-order valence-electron chi connectivity index (χ0n) is 9.33. The number of hydrogen-bond acceptors (Lipinski definition) is 4. The predicted molar refractivity (Wildman–Crippen MR) is 66.2 cm³/mol. The van der Waals surface area contributed by atoms with E-state index in [0.717, 1.165) is 16.6 Å². The van der Waals surface area contributed by atoms with E-state index in [9.17, 15) is 0 Å². The number of para-hydroxylation sites is 1. The second-order valence-corrected chi connectivity index (χ2v) is 3.82. The Kier molecular flexibility index (Phi) is 2.04. The molecule has 0 saturated carbocycles. The third-order valence-electron chi connectivity index (χ3n) is 2.58. The molecule has 17 heavy (non-hydrogen) atoms. The van der Waals surface area contributed by atoms with Crippen LogP contribution in [-0.4, -0.2) is 19.7 Å². The zero-order chi connectivity index (χ0) is 11.8. The number of benzene rings is 1. The third-order valence-corrected chi connectivity index (χ3v) is 2.58. The number of nitrogens with zero attached hydrogens (tertiary/aromatic N) is 4. The van der Waals surface area contributed by atoms with Gasteiger partial charge in [-0.15, -0.1) is 0 Å². The topological polar surface area (TPSA) is 69.6 Å². The molecule has 5 heteroatoms. The lowest BCUT2D eigenvalue weighted by Gasteiger charge is -2.02. The largest absolute Gasteiger partial charge is 0.383 e. The molecule has 0 aliphatic rings. The number of aromatic nitrogens is 4. The molecule has 2 N–H and O–H groups in total. The first-order chi connectivity index (χ1) is 8.24. The molecule has 5 nitrogen and oxygen atoms in total. The van der Waals surface area contributed by atoms with Crippen molar-refractivity contribution in [2.75, 3.05) is 5.73 Å². The summed E-state index contributed by atoms with van der Waals surface area (Å²) in [4.78, 5) is 8.73. The molecule has 1 aromatic carbocycles. The van der Waals surface area contributed by atoms with Crippen LogP contribution in [0.15, 0.2) is 36.5 Å². The summed E-state index contributed by atoms with van der Waals surface area (Å²) >= 11 is 0. The molecule has 0 atom stereocenters. The maximum atomic E-state index is 5.92. The van der Waals surface area contributed by atoms with Crippen molar-refractivity contribution < 1.29 is 0 Å². The highest BCUT2D eigenvalue weighted by atomic mass is 15.3. The summed E-state index contributed by atoms with van der Waals surface area (Å²) < 4.78 is 1.71. The molecule has 0 unspecified atom stereocenters. The Morgan fingerprint density at radius 3 is 2.71 bits per heavy atom. The lowest BCUT2D eigenvalue weighted by molar-refractivity contribution is 0.769. The lowest BCUT2D eigenvalue weighted by Crippen LogP contribution is -1.98. The van der Waals surface area contributed by atoms with Gasteiger partial charge >= 0.3 is 0 Å². The van der Waals surface area contributed by atoms with Gasteiger partial charge in [-0.2, -0.15) is 5.10 Å². The molecule has 0 aliphatic heterocycles. The maximum absolute atomic E-state index is 5.92. The maximum Gasteiger partial charge on any atom is 0.182 e. The minimum absolute atomic E-state index is 0.483. The van der Waals surface area contributed by atoms with Crippen LogP contribution in [-0.2, 0) is 7.05 Å². The Labute approximate surface area is 97.9 Å². The number of fused-ring (bicyclic) bond motifs is 1. The van der Waals surface area contributed by atoms with E-state index >= 15 is 0 Å². The Hall–Kier alpha value is -2.43. The van der Waals surface area contributed by atoms with E-state index in [1.165, 1.54) is 0 Å². The average molecular weight is 225 g/mol. The summed E-state index contributed by atoms with van der Waals surface area (Å²) in [6, 6.07) is 9.54. The summed E-state index contributed by atoms with van der Waals surface area (Å²) in [5.41, 5.74) is 7.48. The van der Waals surface area contributed by atoms with Crippen LogP contribution in [0.5, 0.6) is 0 Å². The Morgan fingerprint density at radius 1 is 1.12 bits per heavy atom. The standard InChI is InChI=1S/C12H11N5/c1-17-7-6-10(16-17)12-14-9-5-3-2-4-8(9)11(13)15-12/h2-7H,1H3,(H2,13,14,15). The molecule has 3 rings (SSSR count). The zero-order valence-corrected chi connectivity index (χ0v) is 9.33. The molecule has 0 radical (unpaired) electrons. The Balaban J connectivity index is 2.25. The quantitative estimate of drug-likeness (QED) is 0.683. The smallest absolute Gasteiger partial charge is 0.182 e. The van der Waals surface area contributed by atoms with Crippen LogP contribution < -0.4 is 5.73 Å². The normalized spacial score (nSPS) is 10.9. The van der Waals surface area contributed by atoms with Gasteiger partial charge in [-0.3, -0.25) is 4.68 Å². The van der Waals surface area contributed by atoms with Crippen LogP contribution in [0.4, 0.5) is 5.82 Å². The van der Waals surface area contributed by atoms with Crippen LogP contribution in [0.2, 0.25) is 0 Å². The van der Waals surface area contributed by atoms with Crippen molar-refractivity contribution in [2.24, 2.45) is 7.05 Å². The van der Waals surface area contributed by atoms with Crippen LogP contribution in [0.25, 0.3) is 22.4 Å². The Morgan fingerprint density at radius 2 is 1.94 bits per heavy atom. The lowest BCUT2D eigenvalue weighted by atomic mass is 10.2. The fraction of sp³-hybridized carbons (Fsp3) is 0.0833. The van der Waals surface area contributed by atoms with E-state index in [4.69, 9.17) is 5.73 Å². The number of aryl methyl sites for hydroxylation is 1. The van der Waals surface area contributed by atoms with Gasteiger partial charge in [0.25, 0.3) is 0 Å². The number of hydrogen-bond donors (Lipinski definition) is 1. The molecular formula is C12H11N5. The predicted octanol–water partition coefficient (Wildman–Crippen LogP) is 1.61. The van der Waals surface area contributed by atoms with Gasteiger partial charge in [0, 0.05) is 18.6 Å². The minimum atomic E-state index is 0.483. The van der Waals surface area contributed by atoms with Crippen molar-refractivity contribution in [3.8, 4) is 11.5 Å². The molecule has 0 spiro atoms. The van der Waals surface area contributed by atoms with Gasteiger partial charge in [0.05, 0.1) is 5.52 Å². The molecule has 3 aromatic rings. The summed E-state index contributed by atoms with van der Waals surface area (Å²) in [5, 5.41) is 5.13. The molecule has 0 aliphatic carbocycles. The highest BCUT2D eigenvalue weighted by molar-refractivity contribution is 5.89. The number of anilines is 1. The van der Waals surface area contributed by atoms with Crippen molar-refractivity contribution in [3.05, 3.63) is 36.5 Å². The van der Waals surface area contributed by atoms with Gasteiger partial charge in [-0.05, 0) is 18.2 Å². The van der Waals surface area contributed by atoms with Gasteiger partial charge in [0.1, 0.15) is 11.5 Å². The van der Waals surface area contributed by atoms with Gasteiger partial charge in [-0.1, -0.05) is 12.1 Å². The molecule has 2 aromatic heterocycles. The SMILES string of the molecule is Cn1ccc(-c2nc(N)c3ccccc3n2)n1. The van der Waals surface area contributed by atoms with E-state index in [1.54, 1.807) is 4.68 Å². The van der Waals surface area contributed by atoms with Crippen LogP contribution in [0.3, 0.4) is 0 Å². The summed E-state index contributed by atoms with van der Waals surface area (Å²) in [6.07, 6.45) is 1.85. The van der Waals surface area contributed by atoms with Crippen molar-refractivity contribution in [1.29, 1.82) is 0 Å². The third kappa shape index (κ3) is 1.61. The number of rotatable bonds is 1. The minimum Gasteiger partial charge on any atom is -0.383 e. The first-order valence-corrected chi connectivity index (χ1v) is 5.26. The highest BCUT2D eigenvalue weighted by Gasteiger charge is 2.08. The van der Waals surface area contributed by atoms with E-state index in [0.29, 0.717) is 11.6 Å². The fourth-order valence-corrected chi connectivity index (χ4v) is 1.75. The molecule has 0 bridgehead atoms. The van der Waals surface area contributed by atoms with Crippen LogP contribution in [0.1, 0.15) is 0 Å². The van der Waals surface area contributed by atoms with E-state index in [2.05, 4.69) is 15.1 Å². The van der Waals surface area contributed by atoms with Crippen molar-refractivity contribution in [2.45, 2.75) is 0 Å². The monoisotopic (exact) mass is 225 g/mol. The van der Waals surface area contributed by atoms with E-state index in [-0.39, 0.29) is 0 Å². The highest BCUT2D eigenvalue weighted by Crippen LogP contribution is 2.21. The Bertz CT molecular complexity index is 686. The fourth-order valence-electron chi connectivity index (χ4n) is 1.75. The van der Waals surface area contributed by atoms with Crippen molar-refractivity contribution >= 4 is 16.7 Å². The van der Waals surface area contributed by atoms with E-state index < -0.39 is 0 Å². The second-order valence-electron chi connectivity index (χ2n) is 3.82. The summed E-state index contributed by atoms with van der Waals surface area (Å²) in [6.45, 7) is 0. The molecule has 84 valence electrons. The number of nitrogens with two attached hydrogens (primary N) is 1. The number of nitrogen functional groups attached to an aromatic ring is 1. The molecule has 2 heterocycles. The molecular weight excluding hydrogens is 214 g/mol. The molecule has 0 amide bonds. The van der Waals surface area contributed by atoms with Crippen molar-refractivity contribution in [3.63, 3.8) is 0 Å². The van der Waals surface area contributed by atoms with Gasteiger partial charge < -0.3 is 5.73 Å². The first-order valence-electron chi connectivity index (χ1n) is 5.26. The van der Waals surface area contributed by atoms with Gasteiger partial charge in [0.15, 0.2) is 5.82 Å². The van der Waals surface area contributed by atoms with Crippen LogP contribution in [0, 0.1) is 0 Å². The van der Waals surface area contributed by atoms with E-state index in [1.807, 2.05) is 43.6 Å². The molecule has 0 fully saturated rings. The van der Waals surface area contributed by atoms with Crippen molar-refractivity contribution in [1.82, 2.24) is 19.7 Å². The first kappa shape index (κ1) is 9.77.